The van der Waals surface area contributed by atoms with E-state index in [1.165, 1.54) is 0 Å². The van der Waals surface area contributed by atoms with E-state index in [9.17, 15) is 0 Å². The molecule has 73 valence electrons. The van der Waals surface area contributed by atoms with Gasteiger partial charge in [-0.15, -0.1) is 0 Å². The van der Waals surface area contributed by atoms with Crippen LogP contribution in [0.2, 0.25) is 6.82 Å². The first-order valence-electron chi connectivity index (χ1n) is 4.62. The highest BCUT2D eigenvalue weighted by molar-refractivity contribution is 6.51. The van der Waals surface area contributed by atoms with Gasteiger partial charge in [-0.2, -0.15) is 0 Å². The summed E-state index contributed by atoms with van der Waals surface area (Å²) >= 11 is 0. The normalized spacial score (nSPS) is 25.1. The first-order valence-corrected chi connectivity index (χ1v) is 4.62. The standard InChI is InChI=1S/C9H13BN3O/c1-10-7-4-11-8(12-5-7)9(6-14-9)13(2)3/h4-5H,6H2,1-3H3. The van der Waals surface area contributed by atoms with E-state index in [4.69, 9.17) is 4.74 Å². The highest BCUT2D eigenvalue weighted by Gasteiger charge is 2.51. The van der Waals surface area contributed by atoms with Crippen LogP contribution in [0.3, 0.4) is 0 Å². The Morgan fingerprint density at radius 1 is 1.43 bits per heavy atom. The largest absolute Gasteiger partial charge is 0.346 e. The van der Waals surface area contributed by atoms with Crippen molar-refractivity contribution in [1.82, 2.24) is 14.9 Å². The third-order valence-corrected chi connectivity index (χ3v) is 2.49. The summed E-state index contributed by atoms with van der Waals surface area (Å²) in [7, 11) is 5.91. The number of epoxide rings is 1. The molecule has 14 heavy (non-hydrogen) atoms. The van der Waals surface area contributed by atoms with Crippen molar-refractivity contribution in [3.05, 3.63) is 18.2 Å². The highest BCUT2D eigenvalue weighted by atomic mass is 16.6. The Bertz CT molecular complexity index is 321. The summed E-state index contributed by atoms with van der Waals surface area (Å²) in [5.74, 6) is 0.744. The van der Waals surface area contributed by atoms with Gasteiger partial charge in [0, 0.05) is 12.4 Å². The van der Waals surface area contributed by atoms with Gasteiger partial charge in [0.25, 0.3) is 0 Å². The van der Waals surface area contributed by atoms with Crippen molar-refractivity contribution < 1.29 is 4.74 Å². The second kappa shape index (κ2) is 3.33. The summed E-state index contributed by atoms with van der Waals surface area (Å²) in [5, 5.41) is 0. The Kier molecular flexibility index (Phi) is 2.29. The van der Waals surface area contributed by atoms with E-state index < -0.39 is 0 Å². The molecular formula is C9H13BN3O. The lowest BCUT2D eigenvalue weighted by molar-refractivity contribution is 0.121. The second-order valence-electron chi connectivity index (χ2n) is 3.60. The minimum atomic E-state index is -0.369. The molecule has 1 atom stereocenters. The molecule has 0 aromatic carbocycles. The van der Waals surface area contributed by atoms with Gasteiger partial charge in [-0.25, -0.2) is 9.97 Å². The monoisotopic (exact) mass is 190 g/mol. The van der Waals surface area contributed by atoms with Gasteiger partial charge in [0.05, 0.1) is 0 Å². The fraction of sp³-hybridized carbons (Fsp3) is 0.556. The zero-order valence-corrected chi connectivity index (χ0v) is 8.69. The molecular weight excluding hydrogens is 177 g/mol. The van der Waals surface area contributed by atoms with Crippen LogP contribution in [-0.4, -0.2) is 42.8 Å². The molecule has 0 N–H and O–H groups in total. The first kappa shape index (κ1) is 9.61. The van der Waals surface area contributed by atoms with Gasteiger partial charge in [-0.3, -0.25) is 4.90 Å². The summed E-state index contributed by atoms with van der Waals surface area (Å²) in [6, 6.07) is 0. The van der Waals surface area contributed by atoms with E-state index in [0.717, 1.165) is 11.3 Å². The number of ether oxygens (including phenoxy) is 1. The van der Waals surface area contributed by atoms with Crippen LogP contribution in [0, 0.1) is 0 Å². The lowest BCUT2D eigenvalue weighted by Gasteiger charge is -2.18. The number of nitrogens with zero attached hydrogens (tertiary/aromatic N) is 3. The Morgan fingerprint density at radius 3 is 2.36 bits per heavy atom. The van der Waals surface area contributed by atoms with Crippen molar-refractivity contribution in [2.75, 3.05) is 20.7 Å². The quantitative estimate of drug-likeness (QED) is 0.480. The Hall–Kier alpha value is -0.935. The Labute approximate surface area is 84.6 Å². The molecule has 1 aromatic rings. The Morgan fingerprint density at radius 2 is 2.00 bits per heavy atom. The third-order valence-electron chi connectivity index (χ3n) is 2.49. The van der Waals surface area contributed by atoms with Gasteiger partial charge in [0.15, 0.2) is 13.1 Å². The molecule has 1 aliphatic rings. The van der Waals surface area contributed by atoms with Crippen LogP contribution in [0.15, 0.2) is 12.4 Å². The topological polar surface area (TPSA) is 41.6 Å². The van der Waals surface area contributed by atoms with Gasteiger partial charge in [-0.1, -0.05) is 12.3 Å². The highest BCUT2D eigenvalue weighted by Crippen LogP contribution is 2.37. The fourth-order valence-corrected chi connectivity index (χ4v) is 1.34. The van der Waals surface area contributed by atoms with E-state index in [2.05, 4.69) is 9.97 Å². The van der Waals surface area contributed by atoms with E-state index in [1.807, 2.05) is 45.5 Å². The van der Waals surface area contributed by atoms with Crippen LogP contribution in [0.1, 0.15) is 5.82 Å². The average Bonchev–Trinajstić information content (AvgIpc) is 2.99. The number of hydrogen-bond donors (Lipinski definition) is 0. The van der Waals surface area contributed by atoms with Crippen LogP contribution >= 0.6 is 0 Å². The van der Waals surface area contributed by atoms with Crippen molar-refractivity contribution in [3.63, 3.8) is 0 Å². The van der Waals surface area contributed by atoms with Crippen molar-refractivity contribution in [2.45, 2.75) is 12.5 Å². The summed E-state index contributed by atoms with van der Waals surface area (Å²) in [6.07, 6.45) is 3.63. The minimum absolute atomic E-state index is 0.369. The molecule has 1 saturated heterocycles. The summed E-state index contributed by atoms with van der Waals surface area (Å²) in [5.41, 5.74) is 0.662. The Balaban J connectivity index is 2.25. The van der Waals surface area contributed by atoms with Gasteiger partial charge in [-0.05, 0) is 14.1 Å². The maximum atomic E-state index is 5.41. The predicted molar refractivity (Wildman–Crippen MR) is 54.6 cm³/mol. The van der Waals surface area contributed by atoms with Crippen LogP contribution in [0.25, 0.3) is 0 Å². The van der Waals surface area contributed by atoms with Crippen LogP contribution in [0.5, 0.6) is 0 Å². The number of rotatable bonds is 3. The van der Waals surface area contributed by atoms with Gasteiger partial charge >= 0.3 is 0 Å². The molecule has 0 saturated carbocycles. The van der Waals surface area contributed by atoms with Crippen molar-refractivity contribution in [1.29, 1.82) is 0 Å². The summed E-state index contributed by atoms with van der Waals surface area (Å²) < 4.78 is 5.41. The van der Waals surface area contributed by atoms with E-state index >= 15 is 0 Å². The van der Waals surface area contributed by atoms with Gasteiger partial charge in [0.2, 0.25) is 5.72 Å². The minimum Gasteiger partial charge on any atom is -0.346 e. The van der Waals surface area contributed by atoms with Crippen LogP contribution < -0.4 is 5.46 Å². The van der Waals surface area contributed by atoms with Crippen LogP contribution in [0.4, 0.5) is 0 Å². The molecule has 1 unspecified atom stereocenters. The third kappa shape index (κ3) is 1.42. The zero-order valence-electron chi connectivity index (χ0n) is 8.69. The molecule has 0 spiro atoms. The number of aromatic nitrogens is 2. The molecule has 2 heterocycles. The van der Waals surface area contributed by atoms with Crippen molar-refractivity contribution >= 4 is 12.7 Å². The molecule has 4 nitrogen and oxygen atoms in total. The molecule has 1 aromatic heterocycles. The molecule has 2 rings (SSSR count). The lowest BCUT2D eigenvalue weighted by atomic mass is 9.75. The molecule has 0 bridgehead atoms. The summed E-state index contributed by atoms with van der Waals surface area (Å²) in [4.78, 5) is 10.6. The zero-order chi connectivity index (χ0) is 10.2. The average molecular weight is 190 g/mol. The van der Waals surface area contributed by atoms with E-state index in [0.29, 0.717) is 6.61 Å². The van der Waals surface area contributed by atoms with Crippen molar-refractivity contribution in [2.24, 2.45) is 0 Å². The van der Waals surface area contributed by atoms with Crippen LogP contribution in [-0.2, 0) is 10.5 Å². The number of likely N-dealkylation sites (N-methyl/N-ethyl adjacent to an activating group) is 1. The summed E-state index contributed by atoms with van der Waals surface area (Å²) in [6.45, 7) is 2.64. The molecule has 1 aliphatic heterocycles. The van der Waals surface area contributed by atoms with E-state index in [-0.39, 0.29) is 5.72 Å². The molecule has 5 heteroatoms. The SMILES string of the molecule is C[B]c1cnc(C2(N(C)C)CO2)nc1. The number of hydrogen-bond acceptors (Lipinski definition) is 4. The predicted octanol–water partition coefficient (Wildman–Crippen LogP) is -0.401. The maximum Gasteiger partial charge on any atom is 0.205 e. The molecule has 1 fully saturated rings. The van der Waals surface area contributed by atoms with E-state index in [1.54, 1.807) is 0 Å². The maximum absolute atomic E-state index is 5.41. The van der Waals surface area contributed by atoms with Crippen molar-refractivity contribution in [3.8, 4) is 0 Å². The second-order valence-corrected chi connectivity index (χ2v) is 3.60. The first-order chi connectivity index (χ1) is 6.69. The molecule has 0 amide bonds. The lowest BCUT2D eigenvalue weighted by Crippen LogP contribution is -2.32. The fourth-order valence-electron chi connectivity index (χ4n) is 1.34. The molecule has 1 radical (unpaired) electrons. The van der Waals surface area contributed by atoms with Gasteiger partial charge < -0.3 is 4.74 Å². The van der Waals surface area contributed by atoms with Gasteiger partial charge in [0.1, 0.15) is 6.61 Å². The molecule has 0 aliphatic carbocycles. The smallest absolute Gasteiger partial charge is 0.205 e.